The van der Waals surface area contributed by atoms with E-state index >= 15 is 0 Å². The van der Waals surface area contributed by atoms with Crippen LogP contribution in [0, 0.1) is 11.8 Å². The maximum absolute atomic E-state index is 12.3. The molecule has 2 fully saturated rings. The van der Waals surface area contributed by atoms with Crippen molar-refractivity contribution >= 4 is 17.5 Å². The molecular weight excluding hydrogens is 288 g/mol. The number of nitrogens with two attached hydrogens (primary N) is 1. The van der Waals surface area contributed by atoms with Gasteiger partial charge >= 0.3 is 0 Å². The van der Waals surface area contributed by atoms with E-state index in [1.54, 1.807) is 18.2 Å². The molecule has 5 heteroatoms. The molecule has 0 aromatic heterocycles. The lowest BCUT2D eigenvalue weighted by Gasteiger charge is -2.29. The van der Waals surface area contributed by atoms with Gasteiger partial charge in [0, 0.05) is 24.2 Å². The number of amides is 1. The molecule has 2 aliphatic rings. The van der Waals surface area contributed by atoms with E-state index in [0.717, 1.165) is 19.5 Å². The fourth-order valence-electron chi connectivity index (χ4n) is 3.51. The van der Waals surface area contributed by atoms with E-state index < -0.39 is 0 Å². The van der Waals surface area contributed by atoms with E-state index in [1.165, 1.54) is 12.8 Å². The summed E-state index contributed by atoms with van der Waals surface area (Å²) in [4.78, 5) is 14.2. The van der Waals surface area contributed by atoms with Crippen LogP contribution in [0.5, 0.6) is 5.75 Å². The van der Waals surface area contributed by atoms with Gasteiger partial charge in [0.25, 0.3) is 5.91 Å². The zero-order valence-electron chi connectivity index (χ0n) is 12.0. The summed E-state index contributed by atoms with van der Waals surface area (Å²) in [5, 5.41) is 0.609. The fourth-order valence-corrected chi connectivity index (χ4v) is 3.69. The molecule has 21 heavy (non-hydrogen) atoms. The first-order chi connectivity index (χ1) is 10.1. The number of benzene rings is 1. The number of fused-ring (bicyclic) bond motifs is 1. The highest BCUT2D eigenvalue weighted by atomic mass is 35.5. The van der Waals surface area contributed by atoms with Crippen LogP contribution in [0.25, 0.3) is 0 Å². The average molecular weight is 309 g/mol. The van der Waals surface area contributed by atoms with Crippen LogP contribution in [0.3, 0.4) is 0 Å². The van der Waals surface area contributed by atoms with E-state index in [-0.39, 0.29) is 18.6 Å². The Morgan fingerprint density at radius 3 is 3.00 bits per heavy atom. The van der Waals surface area contributed by atoms with Crippen molar-refractivity contribution in [3.8, 4) is 5.75 Å². The Balaban J connectivity index is 1.54. The molecule has 1 aliphatic heterocycles. The van der Waals surface area contributed by atoms with Gasteiger partial charge in [-0.05, 0) is 42.9 Å². The van der Waals surface area contributed by atoms with Gasteiger partial charge in [-0.15, -0.1) is 0 Å². The topological polar surface area (TPSA) is 55.6 Å². The highest BCUT2D eigenvalue weighted by Gasteiger charge is 2.40. The normalized spacial score (nSPS) is 28.3. The summed E-state index contributed by atoms with van der Waals surface area (Å²) in [5.74, 6) is 1.71. The molecule has 3 rings (SSSR count). The molecule has 1 aromatic carbocycles. The van der Waals surface area contributed by atoms with Crippen LogP contribution >= 0.6 is 11.6 Å². The first-order valence-electron chi connectivity index (χ1n) is 7.55. The van der Waals surface area contributed by atoms with Crippen LogP contribution < -0.4 is 10.5 Å². The summed E-state index contributed by atoms with van der Waals surface area (Å²) in [6.45, 7) is 1.68. The molecule has 3 unspecified atom stereocenters. The molecular formula is C16H21ClN2O2. The predicted octanol–water partition coefficient (Wildman–Crippen LogP) is 2.30. The summed E-state index contributed by atoms with van der Waals surface area (Å²) in [5.41, 5.74) is 6.18. The highest BCUT2D eigenvalue weighted by Crippen LogP contribution is 2.35. The predicted molar refractivity (Wildman–Crippen MR) is 82.3 cm³/mol. The van der Waals surface area contributed by atoms with Gasteiger partial charge in [0.1, 0.15) is 5.75 Å². The number of halogens is 1. The Labute approximate surface area is 130 Å². The first kappa shape index (κ1) is 14.7. The van der Waals surface area contributed by atoms with Crippen molar-refractivity contribution in [2.75, 3.05) is 19.7 Å². The van der Waals surface area contributed by atoms with Crippen LogP contribution in [0.4, 0.5) is 0 Å². The van der Waals surface area contributed by atoms with Crippen LogP contribution in [0.2, 0.25) is 5.02 Å². The summed E-state index contributed by atoms with van der Waals surface area (Å²) < 4.78 is 5.53. The molecule has 1 aliphatic carbocycles. The third-order valence-corrected chi connectivity index (χ3v) is 4.90. The van der Waals surface area contributed by atoms with Crippen molar-refractivity contribution < 1.29 is 9.53 Å². The van der Waals surface area contributed by atoms with Crippen molar-refractivity contribution in [3.63, 3.8) is 0 Å². The lowest BCUT2D eigenvalue weighted by atomic mass is 9.78. The largest absolute Gasteiger partial charge is 0.484 e. The molecule has 1 aromatic rings. The van der Waals surface area contributed by atoms with Gasteiger partial charge in [-0.3, -0.25) is 4.79 Å². The van der Waals surface area contributed by atoms with Gasteiger partial charge in [0.05, 0.1) is 0 Å². The molecule has 1 saturated heterocycles. The number of ether oxygens (including phenoxy) is 1. The monoisotopic (exact) mass is 308 g/mol. The van der Waals surface area contributed by atoms with E-state index in [0.29, 0.717) is 22.6 Å². The molecule has 0 spiro atoms. The van der Waals surface area contributed by atoms with Gasteiger partial charge in [-0.1, -0.05) is 24.1 Å². The molecule has 0 radical (unpaired) electrons. The minimum Gasteiger partial charge on any atom is -0.484 e. The lowest BCUT2D eigenvalue weighted by Crippen LogP contribution is -2.39. The molecule has 1 saturated carbocycles. The number of rotatable bonds is 3. The second kappa shape index (κ2) is 6.24. The summed E-state index contributed by atoms with van der Waals surface area (Å²) in [6.07, 6.45) is 3.46. The third kappa shape index (κ3) is 3.33. The maximum atomic E-state index is 12.3. The van der Waals surface area contributed by atoms with Crippen LogP contribution in [-0.2, 0) is 4.79 Å². The third-order valence-electron chi connectivity index (χ3n) is 4.67. The van der Waals surface area contributed by atoms with Gasteiger partial charge < -0.3 is 15.4 Å². The molecule has 1 heterocycles. The van der Waals surface area contributed by atoms with Crippen LogP contribution in [0.1, 0.15) is 19.3 Å². The average Bonchev–Trinajstić information content (AvgIpc) is 2.90. The van der Waals surface area contributed by atoms with Gasteiger partial charge in [0.2, 0.25) is 0 Å². The smallest absolute Gasteiger partial charge is 0.260 e. The van der Waals surface area contributed by atoms with E-state index in [4.69, 9.17) is 22.1 Å². The number of nitrogens with zero attached hydrogens (tertiary/aromatic N) is 1. The lowest BCUT2D eigenvalue weighted by molar-refractivity contribution is -0.132. The Bertz CT molecular complexity index is 523. The zero-order chi connectivity index (χ0) is 14.8. The number of carbonyl (C=O) groups excluding carboxylic acids is 1. The molecule has 2 N–H and O–H groups in total. The number of hydrogen-bond acceptors (Lipinski definition) is 3. The summed E-state index contributed by atoms with van der Waals surface area (Å²) >= 11 is 5.90. The van der Waals surface area contributed by atoms with Crippen molar-refractivity contribution in [3.05, 3.63) is 29.3 Å². The van der Waals surface area contributed by atoms with Crippen LogP contribution in [-0.4, -0.2) is 36.5 Å². The molecule has 1 amide bonds. The first-order valence-corrected chi connectivity index (χ1v) is 7.93. The van der Waals surface area contributed by atoms with Crippen LogP contribution in [0.15, 0.2) is 24.3 Å². The molecule has 3 atom stereocenters. The Hall–Kier alpha value is -1.26. The SMILES string of the molecule is NC1CCCC2CN(C(=O)COc3cccc(Cl)c3)CC12. The Morgan fingerprint density at radius 2 is 2.24 bits per heavy atom. The number of carbonyl (C=O) groups is 1. The number of hydrogen-bond donors (Lipinski definition) is 1. The van der Waals surface area contributed by atoms with Crippen molar-refractivity contribution in [1.82, 2.24) is 4.90 Å². The standard InChI is InChI=1S/C16H21ClN2O2/c17-12-4-2-5-13(7-12)21-10-16(20)19-8-11-3-1-6-15(18)14(11)9-19/h2,4-5,7,11,14-15H,1,3,6,8-10,18H2. The number of likely N-dealkylation sites (tertiary alicyclic amines) is 1. The zero-order valence-corrected chi connectivity index (χ0v) is 12.8. The van der Waals surface area contributed by atoms with Crippen molar-refractivity contribution in [2.45, 2.75) is 25.3 Å². The van der Waals surface area contributed by atoms with E-state index in [9.17, 15) is 4.79 Å². The molecule has 4 nitrogen and oxygen atoms in total. The van der Waals surface area contributed by atoms with Gasteiger partial charge in [-0.25, -0.2) is 0 Å². The Morgan fingerprint density at radius 1 is 1.38 bits per heavy atom. The second-order valence-corrected chi connectivity index (χ2v) is 6.50. The van der Waals surface area contributed by atoms with Gasteiger partial charge in [-0.2, -0.15) is 0 Å². The second-order valence-electron chi connectivity index (χ2n) is 6.06. The Kier molecular flexibility index (Phi) is 4.36. The molecule has 114 valence electrons. The fraction of sp³-hybridized carbons (Fsp3) is 0.562. The van der Waals surface area contributed by atoms with Crippen molar-refractivity contribution in [2.24, 2.45) is 17.6 Å². The highest BCUT2D eigenvalue weighted by molar-refractivity contribution is 6.30. The summed E-state index contributed by atoms with van der Waals surface area (Å²) in [6, 6.07) is 7.36. The van der Waals surface area contributed by atoms with Crippen molar-refractivity contribution in [1.29, 1.82) is 0 Å². The minimum atomic E-state index is 0.0385. The minimum absolute atomic E-state index is 0.0385. The molecule has 0 bridgehead atoms. The summed E-state index contributed by atoms with van der Waals surface area (Å²) in [7, 11) is 0. The maximum Gasteiger partial charge on any atom is 0.260 e. The quantitative estimate of drug-likeness (QED) is 0.932. The van der Waals surface area contributed by atoms with E-state index in [2.05, 4.69) is 0 Å². The van der Waals surface area contributed by atoms with E-state index in [1.807, 2.05) is 11.0 Å². The van der Waals surface area contributed by atoms with Gasteiger partial charge in [0.15, 0.2) is 6.61 Å².